The molecule has 7 nitrogen and oxygen atoms in total. The lowest BCUT2D eigenvalue weighted by molar-refractivity contribution is 0.00310. The van der Waals surface area contributed by atoms with Crippen LogP contribution < -0.4 is 10.6 Å². The van der Waals surface area contributed by atoms with E-state index in [1.54, 1.807) is 0 Å². The molecule has 0 bridgehead atoms. The average Bonchev–Trinajstić information content (AvgIpc) is 2.95. The van der Waals surface area contributed by atoms with Crippen molar-refractivity contribution in [3.8, 4) is 0 Å². The zero-order valence-electron chi connectivity index (χ0n) is 26.7. The van der Waals surface area contributed by atoms with Gasteiger partial charge in [-0.05, 0) is 46.3 Å². The lowest BCUT2D eigenvalue weighted by Gasteiger charge is -2.35. The van der Waals surface area contributed by atoms with Crippen LogP contribution in [-0.4, -0.2) is 64.0 Å². The van der Waals surface area contributed by atoms with Crippen LogP contribution >= 0.6 is 0 Å². The molecule has 40 heavy (non-hydrogen) atoms. The first kappa shape index (κ1) is 36.5. The van der Waals surface area contributed by atoms with E-state index in [0.717, 1.165) is 51.5 Å². The third-order valence-corrected chi connectivity index (χ3v) is 8.28. The number of carbonyl (C=O) groups is 2. The minimum atomic E-state index is -0.378. The van der Waals surface area contributed by atoms with E-state index < -0.39 is 0 Å². The highest BCUT2D eigenvalue weighted by Gasteiger charge is 2.35. The summed E-state index contributed by atoms with van der Waals surface area (Å²) in [6, 6.07) is 0. The highest BCUT2D eigenvalue weighted by atomic mass is 16.6. The summed E-state index contributed by atoms with van der Waals surface area (Å²) in [5.41, 5.74) is -0.259. The molecule has 0 aromatic carbocycles. The van der Waals surface area contributed by atoms with Crippen molar-refractivity contribution in [1.82, 2.24) is 15.5 Å². The van der Waals surface area contributed by atoms with Gasteiger partial charge in [0.05, 0.1) is 0 Å². The molecule has 0 radical (unpaired) electrons. The SMILES string of the molecule is CCCCCCCCCCCCCCCCCCNC(=O)OCC1(COC(=O)NCCCN(C)C)CCCCC1. The number of unbranched alkanes of at least 4 members (excludes halogenated alkanes) is 15. The molecule has 2 amide bonds. The molecule has 7 heteroatoms. The first-order valence-corrected chi connectivity index (χ1v) is 16.9. The number of rotatable bonds is 25. The van der Waals surface area contributed by atoms with Crippen molar-refractivity contribution in [2.24, 2.45) is 5.41 Å². The van der Waals surface area contributed by atoms with Gasteiger partial charge in [0.15, 0.2) is 0 Å². The monoisotopic (exact) mass is 567 g/mol. The Hall–Kier alpha value is -1.50. The van der Waals surface area contributed by atoms with Crippen LogP contribution in [0.2, 0.25) is 0 Å². The second-order valence-corrected chi connectivity index (χ2v) is 12.5. The molecule has 1 saturated carbocycles. The van der Waals surface area contributed by atoms with Crippen LogP contribution in [0.15, 0.2) is 0 Å². The lowest BCUT2D eigenvalue weighted by atomic mass is 9.75. The van der Waals surface area contributed by atoms with Crippen LogP contribution in [0.3, 0.4) is 0 Å². The minimum absolute atomic E-state index is 0.259. The smallest absolute Gasteiger partial charge is 0.407 e. The third-order valence-electron chi connectivity index (χ3n) is 8.28. The van der Waals surface area contributed by atoms with Crippen LogP contribution in [0.25, 0.3) is 0 Å². The Labute approximate surface area is 247 Å². The van der Waals surface area contributed by atoms with Gasteiger partial charge in [-0.3, -0.25) is 0 Å². The molecule has 2 N–H and O–H groups in total. The van der Waals surface area contributed by atoms with Crippen LogP contribution in [-0.2, 0) is 9.47 Å². The van der Waals surface area contributed by atoms with Crippen molar-refractivity contribution < 1.29 is 19.1 Å². The minimum Gasteiger partial charge on any atom is -0.449 e. The molecule has 0 unspecified atom stereocenters. The van der Waals surface area contributed by atoms with Crippen molar-refractivity contribution in [2.75, 3.05) is 46.9 Å². The van der Waals surface area contributed by atoms with Gasteiger partial charge in [0, 0.05) is 18.5 Å². The maximum atomic E-state index is 12.3. The summed E-state index contributed by atoms with van der Waals surface area (Å²) in [7, 11) is 4.03. The fourth-order valence-electron chi connectivity index (χ4n) is 5.62. The van der Waals surface area contributed by atoms with E-state index in [2.05, 4.69) is 22.5 Å². The molecular weight excluding hydrogens is 502 g/mol. The van der Waals surface area contributed by atoms with E-state index in [-0.39, 0.29) is 17.6 Å². The second kappa shape index (κ2) is 25.2. The molecule has 1 aliphatic carbocycles. The van der Waals surface area contributed by atoms with Gasteiger partial charge < -0.3 is 25.0 Å². The molecule has 1 rings (SSSR count). The van der Waals surface area contributed by atoms with Crippen molar-refractivity contribution in [3.63, 3.8) is 0 Å². The van der Waals surface area contributed by atoms with Gasteiger partial charge in [0.25, 0.3) is 0 Å². The number of ether oxygens (including phenoxy) is 2. The highest BCUT2D eigenvalue weighted by molar-refractivity contribution is 5.67. The first-order chi connectivity index (χ1) is 19.5. The summed E-state index contributed by atoms with van der Waals surface area (Å²) >= 11 is 0. The average molecular weight is 568 g/mol. The third kappa shape index (κ3) is 21.3. The number of nitrogens with zero attached hydrogens (tertiary/aromatic N) is 1. The van der Waals surface area contributed by atoms with E-state index >= 15 is 0 Å². The molecule has 0 aliphatic heterocycles. The van der Waals surface area contributed by atoms with Gasteiger partial charge in [-0.1, -0.05) is 122 Å². The van der Waals surface area contributed by atoms with Crippen LogP contribution in [0.5, 0.6) is 0 Å². The van der Waals surface area contributed by atoms with E-state index in [0.29, 0.717) is 26.3 Å². The number of carbonyl (C=O) groups excluding carboxylic acids is 2. The summed E-state index contributed by atoms with van der Waals surface area (Å²) in [6.07, 6.45) is 26.8. The number of alkyl carbamates (subject to hydrolysis) is 2. The van der Waals surface area contributed by atoms with E-state index in [9.17, 15) is 9.59 Å². The summed E-state index contributed by atoms with van der Waals surface area (Å²) in [4.78, 5) is 26.5. The molecule has 236 valence electrons. The second-order valence-electron chi connectivity index (χ2n) is 12.5. The van der Waals surface area contributed by atoms with Crippen LogP contribution in [0, 0.1) is 5.41 Å². The number of amides is 2. The fourth-order valence-corrected chi connectivity index (χ4v) is 5.62. The maximum absolute atomic E-state index is 12.3. The molecule has 1 fully saturated rings. The Morgan fingerprint density at radius 2 is 1.00 bits per heavy atom. The van der Waals surface area contributed by atoms with E-state index in [1.165, 1.54) is 96.3 Å². The van der Waals surface area contributed by atoms with E-state index in [4.69, 9.17) is 9.47 Å². The predicted molar refractivity (Wildman–Crippen MR) is 167 cm³/mol. The Bertz CT molecular complexity index is 609. The molecule has 0 aromatic heterocycles. The van der Waals surface area contributed by atoms with Gasteiger partial charge >= 0.3 is 12.2 Å². The number of nitrogens with one attached hydrogen (secondary N) is 2. The Morgan fingerprint density at radius 3 is 1.43 bits per heavy atom. The lowest BCUT2D eigenvalue weighted by Crippen LogP contribution is -2.39. The topological polar surface area (TPSA) is 79.9 Å². The first-order valence-electron chi connectivity index (χ1n) is 16.9. The Kier molecular flexibility index (Phi) is 23.0. The summed E-state index contributed by atoms with van der Waals surface area (Å²) in [6.45, 7) is 5.08. The molecule has 0 heterocycles. The van der Waals surface area contributed by atoms with Crippen molar-refractivity contribution in [3.05, 3.63) is 0 Å². The zero-order valence-corrected chi connectivity index (χ0v) is 26.7. The summed E-state index contributed by atoms with van der Waals surface area (Å²) < 4.78 is 11.1. The highest BCUT2D eigenvalue weighted by Crippen LogP contribution is 2.37. The molecule has 1 aliphatic rings. The zero-order chi connectivity index (χ0) is 29.2. The fraction of sp³-hybridized carbons (Fsp3) is 0.939. The normalized spacial score (nSPS) is 14.7. The predicted octanol–water partition coefficient (Wildman–Crippen LogP) is 8.60. The Balaban J connectivity index is 2.01. The molecule has 0 aromatic rings. The molecular formula is C33H65N3O4. The van der Waals surface area contributed by atoms with E-state index in [1.807, 2.05) is 14.1 Å². The Morgan fingerprint density at radius 1 is 0.600 bits per heavy atom. The summed E-state index contributed by atoms with van der Waals surface area (Å²) in [5, 5.41) is 5.74. The van der Waals surface area contributed by atoms with Gasteiger partial charge in [0.1, 0.15) is 13.2 Å². The van der Waals surface area contributed by atoms with Crippen LogP contribution in [0.4, 0.5) is 9.59 Å². The van der Waals surface area contributed by atoms with Crippen LogP contribution in [0.1, 0.15) is 148 Å². The largest absolute Gasteiger partial charge is 0.449 e. The molecule has 0 spiro atoms. The van der Waals surface area contributed by atoms with Crippen molar-refractivity contribution >= 4 is 12.2 Å². The van der Waals surface area contributed by atoms with Gasteiger partial charge in [-0.25, -0.2) is 9.59 Å². The molecule has 0 saturated heterocycles. The van der Waals surface area contributed by atoms with Crippen molar-refractivity contribution in [2.45, 2.75) is 148 Å². The van der Waals surface area contributed by atoms with Gasteiger partial charge in [-0.2, -0.15) is 0 Å². The maximum Gasteiger partial charge on any atom is 0.407 e. The van der Waals surface area contributed by atoms with Gasteiger partial charge in [-0.15, -0.1) is 0 Å². The number of hydrogen-bond donors (Lipinski definition) is 2. The molecule has 0 atom stereocenters. The summed E-state index contributed by atoms with van der Waals surface area (Å²) in [5.74, 6) is 0. The standard InChI is InChI=1S/C33H65N3O4/c1-4-5-6-7-8-9-10-11-12-13-14-15-16-17-18-22-26-34-31(37)39-29-33(24-20-19-21-25-33)30-40-32(38)35-27-23-28-36(2)3/h4-30H2,1-3H3,(H,34,37)(H,35,38). The van der Waals surface area contributed by atoms with Gasteiger partial charge in [0.2, 0.25) is 0 Å². The van der Waals surface area contributed by atoms with Crippen molar-refractivity contribution in [1.29, 1.82) is 0 Å². The number of hydrogen-bond acceptors (Lipinski definition) is 5. The quantitative estimate of drug-likeness (QED) is 0.108.